The molecular weight excluding hydrogens is 255 g/mol. The first kappa shape index (κ1) is 14.0. The molecule has 20 heavy (non-hydrogen) atoms. The van der Waals surface area contributed by atoms with Gasteiger partial charge < -0.3 is 10.5 Å². The summed E-state index contributed by atoms with van der Waals surface area (Å²) in [6, 6.07) is 11.5. The molecule has 0 saturated heterocycles. The predicted molar refractivity (Wildman–Crippen MR) is 75.0 cm³/mol. The molecule has 4 heteroatoms. The maximum Gasteiger partial charge on any atom is 0.132 e. The highest BCUT2D eigenvalue weighted by Crippen LogP contribution is 2.31. The van der Waals surface area contributed by atoms with Crippen LogP contribution in [0.25, 0.3) is 0 Å². The van der Waals surface area contributed by atoms with Crippen LogP contribution in [0, 0.1) is 24.1 Å². The first-order valence-electron chi connectivity index (χ1n) is 6.25. The van der Waals surface area contributed by atoms with E-state index in [9.17, 15) is 4.39 Å². The Labute approximate surface area is 117 Å². The average Bonchev–Trinajstić information content (AvgIpc) is 2.43. The van der Waals surface area contributed by atoms with Crippen molar-refractivity contribution in [3.8, 4) is 17.6 Å². The third-order valence-electron chi connectivity index (χ3n) is 2.99. The number of hydrogen-bond donors (Lipinski definition) is 1. The molecule has 0 saturated carbocycles. The van der Waals surface area contributed by atoms with Gasteiger partial charge in [-0.25, -0.2) is 4.39 Å². The lowest BCUT2D eigenvalue weighted by atomic mass is 10.0. The number of benzene rings is 2. The monoisotopic (exact) mass is 270 g/mol. The fraction of sp³-hybridized carbons (Fsp3) is 0.188. The average molecular weight is 270 g/mol. The van der Waals surface area contributed by atoms with Gasteiger partial charge in [0, 0.05) is 11.6 Å². The lowest BCUT2D eigenvalue weighted by molar-refractivity contribution is 0.468. The van der Waals surface area contributed by atoms with Gasteiger partial charge in [0.25, 0.3) is 0 Å². The summed E-state index contributed by atoms with van der Waals surface area (Å²) in [6.07, 6.45) is 0. The number of nitriles is 1. The van der Waals surface area contributed by atoms with E-state index in [1.54, 1.807) is 44.2 Å². The summed E-state index contributed by atoms with van der Waals surface area (Å²) in [6.45, 7) is 3.45. The second-order valence-corrected chi connectivity index (χ2v) is 4.67. The Bertz CT molecular complexity index is 657. The number of halogens is 1. The number of ether oxygens (including phenoxy) is 1. The minimum Gasteiger partial charge on any atom is -0.457 e. The first-order valence-corrected chi connectivity index (χ1v) is 6.25. The Morgan fingerprint density at radius 2 is 1.90 bits per heavy atom. The van der Waals surface area contributed by atoms with Crippen molar-refractivity contribution >= 4 is 0 Å². The molecule has 2 aromatic carbocycles. The molecule has 0 radical (unpaired) electrons. The second-order valence-electron chi connectivity index (χ2n) is 4.67. The summed E-state index contributed by atoms with van der Waals surface area (Å²) in [5, 5.41) is 8.75. The van der Waals surface area contributed by atoms with Gasteiger partial charge in [-0.05, 0) is 55.8 Å². The predicted octanol–water partition coefficient (Wildman–Crippen LogP) is 3.82. The smallest absolute Gasteiger partial charge is 0.132 e. The van der Waals surface area contributed by atoms with E-state index >= 15 is 0 Å². The van der Waals surface area contributed by atoms with Crippen molar-refractivity contribution < 1.29 is 9.13 Å². The van der Waals surface area contributed by atoms with Crippen molar-refractivity contribution in [1.82, 2.24) is 0 Å². The van der Waals surface area contributed by atoms with Gasteiger partial charge in [-0.1, -0.05) is 0 Å². The molecule has 0 aromatic heterocycles. The second kappa shape index (κ2) is 5.72. The van der Waals surface area contributed by atoms with Gasteiger partial charge in [0.05, 0.1) is 11.6 Å². The normalized spacial score (nSPS) is 11.8. The fourth-order valence-electron chi connectivity index (χ4n) is 1.84. The summed E-state index contributed by atoms with van der Waals surface area (Å²) in [5.41, 5.74) is 7.51. The summed E-state index contributed by atoms with van der Waals surface area (Å²) in [7, 11) is 0. The minimum atomic E-state index is -0.335. The van der Waals surface area contributed by atoms with Crippen LogP contribution in [0.15, 0.2) is 36.4 Å². The molecule has 0 heterocycles. The number of nitrogens with two attached hydrogens (primary N) is 1. The van der Waals surface area contributed by atoms with Crippen molar-refractivity contribution in [2.24, 2.45) is 5.73 Å². The minimum absolute atomic E-state index is 0.301. The highest BCUT2D eigenvalue weighted by Gasteiger charge is 2.13. The zero-order chi connectivity index (χ0) is 14.7. The third kappa shape index (κ3) is 2.95. The van der Waals surface area contributed by atoms with Crippen LogP contribution in [-0.2, 0) is 0 Å². The van der Waals surface area contributed by atoms with E-state index in [1.165, 1.54) is 6.07 Å². The van der Waals surface area contributed by atoms with Crippen LogP contribution >= 0.6 is 0 Å². The Balaban J connectivity index is 2.36. The van der Waals surface area contributed by atoms with Crippen LogP contribution in [0.1, 0.15) is 29.7 Å². The number of hydrogen-bond acceptors (Lipinski definition) is 3. The number of aryl methyl sites for hydroxylation is 1. The molecule has 2 N–H and O–H groups in total. The van der Waals surface area contributed by atoms with Crippen LogP contribution in [0.2, 0.25) is 0 Å². The molecule has 102 valence electrons. The Morgan fingerprint density at radius 1 is 1.25 bits per heavy atom. The number of rotatable bonds is 3. The largest absolute Gasteiger partial charge is 0.457 e. The SMILES string of the molecule is Cc1cc(Oc2ccc(C#N)cc2)c(C(C)N)cc1F. The van der Waals surface area contributed by atoms with Crippen LogP contribution in [0.5, 0.6) is 11.5 Å². The Morgan fingerprint density at radius 3 is 2.45 bits per heavy atom. The van der Waals surface area contributed by atoms with Gasteiger partial charge in [0.1, 0.15) is 17.3 Å². The van der Waals surface area contributed by atoms with E-state index in [0.29, 0.717) is 28.2 Å². The molecule has 1 atom stereocenters. The molecule has 2 aromatic rings. The molecule has 0 spiro atoms. The van der Waals surface area contributed by atoms with E-state index in [1.807, 2.05) is 6.07 Å². The molecule has 0 aliphatic carbocycles. The van der Waals surface area contributed by atoms with Crippen LogP contribution in [-0.4, -0.2) is 0 Å². The van der Waals surface area contributed by atoms with Crippen LogP contribution in [0.4, 0.5) is 4.39 Å². The Kier molecular flexibility index (Phi) is 4.02. The summed E-state index contributed by atoms with van der Waals surface area (Å²) in [4.78, 5) is 0. The zero-order valence-corrected chi connectivity index (χ0v) is 11.4. The first-order chi connectivity index (χ1) is 9.51. The van der Waals surface area contributed by atoms with E-state index in [0.717, 1.165) is 0 Å². The van der Waals surface area contributed by atoms with E-state index in [2.05, 4.69) is 0 Å². The maximum atomic E-state index is 13.6. The van der Waals surface area contributed by atoms with Crippen LogP contribution < -0.4 is 10.5 Å². The summed E-state index contributed by atoms with van der Waals surface area (Å²) >= 11 is 0. The van der Waals surface area contributed by atoms with Gasteiger partial charge in [-0.15, -0.1) is 0 Å². The highest BCUT2D eigenvalue weighted by molar-refractivity contribution is 5.43. The van der Waals surface area contributed by atoms with Crippen LogP contribution in [0.3, 0.4) is 0 Å². The molecule has 0 aliphatic rings. The van der Waals surface area contributed by atoms with Crippen molar-refractivity contribution in [1.29, 1.82) is 5.26 Å². The molecular formula is C16H15FN2O. The Hall–Kier alpha value is -2.38. The third-order valence-corrected chi connectivity index (χ3v) is 2.99. The van der Waals surface area contributed by atoms with Gasteiger partial charge >= 0.3 is 0 Å². The van der Waals surface area contributed by atoms with Crippen molar-refractivity contribution in [2.75, 3.05) is 0 Å². The molecule has 2 rings (SSSR count). The maximum absolute atomic E-state index is 13.6. The molecule has 0 aliphatic heterocycles. The highest BCUT2D eigenvalue weighted by atomic mass is 19.1. The summed E-state index contributed by atoms with van der Waals surface area (Å²) in [5.74, 6) is 0.810. The molecule has 0 fully saturated rings. The standard InChI is InChI=1S/C16H15FN2O/c1-10-7-16(14(11(2)19)8-15(10)17)20-13-5-3-12(9-18)4-6-13/h3-8,11H,19H2,1-2H3. The molecule has 0 bridgehead atoms. The van der Waals surface area contributed by atoms with Crippen molar-refractivity contribution in [3.63, 3.8) is 0 Å². The van der Waals surface area contributed by atoms with Gasteiger partial charge in [-0.2, -0.15) is 5.26 Å². The number of nitrogens with zero attached hydrogens (tertiary/aromatic N) is 1. The lowest BCUT2D eigenvalue weighted by Gasteiger charge is -2.15. The fourth-order valence-corrected chi connectivity index (χ4v) is 1.84. The molecule has 3 nitrogen and oxygen atoms in total. The van der Waals surface area contributed by atoms with E-state index in [-0.39, 0.29) is 11.9 Å². The quantitative estimate of drug-likeness (QED) is 0.922. The van der Waals surface area contributed by atoms with Gasteiger partial charge in [0.2, 0.25) is 0 Å². The van der Waals surface area contributed by atoms with E-state index in [4.69, 9.17) is 15.7 Å². The molecule has 0 amide bonds. The van der Waals surface area contributed by atoms with E-state index < -0.39 is 0 Å². The topological polar surface area (TPSA) is 59.0 Å². The van der Waals surface area contributed by atoms with Crippen molar-refractivity contribution in [2.45, 2.75) is 19.9 Å². The zero-order valence-electron chi connectivity index (χ0n) is 11.4. The lowest BCUT2D eigenvalue weighted by Crippen LogP contribution is -2.08. The van der Waals surface area contributed by atoms with Gasteiger partial charge in [-0.3, -0.25) is 0 Å². The van der Waals surface area contributed by atoms with Gasteiger partial charge in [0.15, 0.2) is 0 Å². The molecule has 1 unspecified atom stereocenters. The van der Waals surface area contributed by atoms with Crippen molar-refractivity contribution in [3.05, 3.63) is 58.9 Å². The summed E-state index contributed by atoms with van der Waals surface area (Å²) < 4.78 is 19.4.